The van der Waals surface area contributed by atoms with Gasteiger partial charge in [0.05, 0.1) is 6.54 Å². The standard InChI is InChI=1S/C13H14ClFN4O/c1-19(12-8-11(14)17-13(16)18-12)6-7-20-10-4-2-9(15)3-5-10/h2-5,8H,6-7H2,1H3,(H2,16,17,18). The quantitative estimate of drug-likeness (QED) is 0.858. The summed E-state index contributed by atoms with van der Waals surface area (Å²) in [6, 6.07) is 7.48. The van der Waals surface area contributed by atoms with Gasteiger partial charge in [0.1, 0.15) is 29.1 Å². The number of nitrogen functional groups attached to an aromatic ring is 1. The molecule has 0 bridgehead atoms. The van der Waals surface area contributed by atoms with Crippen molar-refractivity contribution in [2.24, 2.45) is 0 Å². The number of benzene rings is 1. The Labute approximate surface area is 121 Å². The zero-order valence-electron chi connectivity index (χ0n) is 10.9. The third-order valence-electron chi connectivity index (χ3n) is 2.60. The topological polar surface area (TPSA) is 64.3 Å². The number of rotatable bonds is 5. The number of aromatic nitrogens is 2. The van der Waals surface area contributed by atoms with E-state index in [1.54, 1.807) is 18.2 Å². The van der Waals surface area contributed by atoms with Gasteiger partial charge in [0.25, 0.3) is 0 Å². The summed E-state index contributed by atoms with van der Waals surface area (Å²) < 4.78 is 18.2. The Morgan fingerprint density at radius 2 is 2.00 bits per heavy atom. The first kappa shape index (κ1) is 14.3. The van der Waals surface area contributed by atoms with Crippen LogP contribution >= 0.6 is 11.6 Å². The molecule has 0 unspecified atom stereocenters. The molecular weight excluding hydrogens is 283 g/mol. The van der Waals surface area contributed by atoms with Crippen molar-refractivity contribution in [1.82, 2.24) is 9.97 Å². The SMILES string of the molecule is CN(CCOc1ccc(F)cc1)c1cc(Cl)nc(N)n1. The number of nitrogens with two attached hydrogens (primary N) is 1. The average Bonchev–Trinajstić information content (AvgIpc) is 2.40. The van der Waals surface area contributed by atoms with Crippen LogP contribution in [0.4, 0.5) is 16.2 Å². The largest absolute Gasteiger partial charge is 0.492 e. The molecule has 1 heterocycles. The third kappa shape index (κ3) is 3.96. The fourth-order valence-corrected chi connectivity index (χ4v) is 1.75. The summed E-state index contributed by atoms with van der Waals surface area (Å²) in [4.78, 5) is 9.71. The molecule has 5 nitrogen and oxygen atoms in total. The van der Waals surface area contributed by atoms with Crippen molar-refractivity contribution in [3.8, 4) is 5.75 Å². The normalized spacial score (nSPS) is 10.3. The van der Waals surface area contributed by atoms with Crippen molar-refractivity contribution >= 4 is 23.4 Å². The minimum Gasteiger partial charge on any atom is -0.492 e. The zero-order valence-corrected chi connectivity index (χ0v) is 11.6. The summed E-state index contributed by atoms with van der Waals surface area (Å²) in [6.07, 6.45) is 0. The van der Waals surface area contributed by atoms with E-state index < -0.39 is 0 Å². The molecule has 0 saturated heterocycles. The van der Waals surface area contributed by atoms with Crippen molar-refractivity contribution in [2.45, 2.75) is 0 Å². The van der Waals surface area contributed by atoms with Crippen LogP contribution in [0.25, 0.3) is 0 Å². The summed E-state index contributed by atoms with van der Waals surface area (Å²) in [5.41, 5.74) is 5.53. The molecule has 0 atom stereocenters. The summed E-state index contributed by atoms with van der Waals surface area (Å²) in [7, 11) is 1.84. The van der Waals surface area contributed by atoms with E-state index in [9.17, 15) is 4.39 Å². The van der Waals surface area contributed by atoms with Crippen LogP contribution in [0.5, 0.6) is 5.75 Å². The van der Waals surface area contributed by atoms with E-state index in [0.717, 1.165) is 0 Å². The molecule has 2 rings (SSSR count). The lowest BCUT2D eigenvalue weighted by molar-refractivity contribution is 0.325. The predicted octanol–water partition coefficient (Wildman–Crippen LogP) is 2.37. The highest BCUT2D eigenvalue weighted by molar-refractivity contribution is 6.29. The van der Waals surface area contributed by atoms with Crippen LogP contribution in [0.1, 0.15) is 0 Å². The van der Waals surface area contributed by atoms with Crippen molar-refractivity contribution in [3.63, 3.8) is 0 Å². The Kier molecular flexibility index (Phi) is 4.57. The van der Waals surface area contributed by atoms with Crippen molar-refractivity contribution in [2.75, 3.05) is 30.8 Å². The van der Waals surface area contributed by atoms with E-state index in [2.05, 4.69) is 9.97 Å². The highest BCUT2D eigenvalue weighted by Gasteiger charge is 2.06. The molecule has 0 spiro atoms. The van der Waals surface area contributed by atoms with Gasteiger partial charge in [-0.15, -0.1) is 0 Å². The molecule has 0 fully saturated rings. The Morgan fingerprint density at radius 1 is 1.30 bits per heavy atom. The van der Waals surface area contributed by atoms with E-state index in [-0.39, 0.29) is 11.8 Å². The highest BCUT2D eigenvalue weighted by Crippen LogP contribution is 2.16. The smallest absolute Gasteiger partial charge is 0.223 e. The lowest BCUT2D eigenvalue weighted by atomic mass is 10.3. The Balaban J connectivity index is 1.88. The Morgan fingerprint density at radius 3 is 2.65 bits per heavy atom. The summed E-state index contributed by atoms with van der Waals surface area (Å²) >= 11 is 5.81. The highest BCUT2D eigenvalue weighted by atomic mass is 35.5. The average molecular weight is 297 g/mol. The lowest BCUT2D eigenvalue weighted by Crippen LogP contribution is -2.25. The van der Waals surface area contributed by atoms with Crippen LogP contribution in [0.2, 0.25) is 5.15 Å². The number of likely N-dealkylation sites (N-methyl/N-ethyl adjacent to an activating group) is 1. The molecule has 0 aliphatic rings. The van der Waals surface area contributed by atoms with Gasteiger partial charge in [-0.25, -0.2) is 9.37 Å². The maximum atomic E-state index is 12.7. The number of hydrogen-bond donors (Lipinski definition) is 1. The van der Waals surface area contributed by atoms with Gasteiger partial charge in [0.2, 0.25) is 5.95 Å². The van der Waals surface area contributed by atoms with Gasteiger partial charge in [0, 0.05) is 13.1 Å². The van der Waals surface area contributed by atoms with Gasteiger partial charge in [-0.2, -0.15) is 4.98 Å². The number of nitrogens with zero attached hydrogens (tertiary/aromatic N) is 3. The van der Waals surface area contributed by atoms with Crippen molar-refractivity contribution < 1.29 is 9.13 Å². The van der Waals surface area contributed by atoms with E-state index in [4.69, 9.17) is 22.1 Å². The van der Waals surface area contributed by atoms with Crippen LogP contribution < -0.4 is 15.4 Å². The van der Waals surface area contributed by atoms with Gasteiger partial charge in [0.15, 0.2) is 0 Å². The number of anilines is 2. The predicted molar refractivity (Wildman–Crippen MR) is 76.6 cm³/mol. The van der Waals surface area contributed by atoms with Gasteiger partial charge < -0.3 is 15.4 Å². The maximum Gasteiger partial charge on any atom is 0.223 e. The van der Waals surface area contributed by atoms with Crippen LogP contribution in [0, 0.1) is 5.82 Å². The molecule has 106 valence electrons. The molecule has 0 saturated carbocycles. The number of ether oxygens (including phenoxy) is 1. The Hall–Kier alpha value is -2.08. The van der Waals surface area contributed by atoms with Crippen LogP contribution in [0.15, 0.2) is 30.3 Å². The number of hydrogen-bond acceptors (Lipinski definition) is 5. The second-order valence-electron chi connectivity index (χ2n) is 4.13. The maximum absolute atomic E-state index is 12.7. The molecule has 0 aliphatic heterocycles. The van der Waals surface area contributed by atoms with E-state index in [1.807, 2.05) is 11.9 Å². The van der Waals surface area contributed by atoms with E-state index in [1.165, 1.54) is 12.1 Å². The van der Waals surface area contributed by atoms with Gasteiger partial charge in [-0.1, -0.05) is 11.6 Å². The fourth-order valence-electron chi connectivity index (χ4n) is 1.56. The molecule has 0 amide bonds. The molecule has 1 aromatic carbocycles. The molecule has 2 N–H and O–H groups in total. The molecule has 20 heavy (non-hydrogen) atoms. The summed E-state index contributed by atoms with van der Waals surface area (Å²) in [6.45, 7) is 0.994. The van der Waals surface area contributed by atoms with Gasteiger partial charge in [-0.05, 0) is 24.3 Å². The first-order valence-electron chi connectivity index (χ1n) is 5.94. The van der Waals surface area contributed by atoms with Crippen molar-refractivity contribution in [3.05, 3.63) is 41.3 Å². The second-order valence-corrected chi connectivity index (χ2v) is 4.52. The van der Waals surface area contributed by atoms with Gasteiger partial charge in [-0.3, -0.25) is 0 Å². The lowest BCUT2D eigenvalue weighted by Gasteiger charge is -2.18. The van der Waals surface area contributed by atoms with Crippen molar-refractivity contribution in [1.29, 1.82) is 0 Å². The summed E-state index contributed by atoms with van der Waals surface area (Å²) in [5.74, 6) is 1.06. The molecule has 1 aromatic heterocycles. The van der Waals surface area contributed by atoms with Gasteiger partial charge >= 0.3 is 0 Å². The molecule has 2 aromatic rings. The first-order chi connectivity index (χ1) is 9.54. The van der Waals surface area contributed by atoms with Crippen LogP contribution in [-0.2, 0) is 0 Å². The Bertz CT molecular complexity index is 559. The monoisotopic (exact) mass is 296 g/mol. The molecular formula is C13H14ClFN4O. The fraction of sp³-hybridized carbons (Fsp3) is 0.231. The molecule has 0 aliphatic carbocycles. The zero-order chi connectivity index (χ0) is 14.5. The van der Waals surface area contributed by atoms with E-state index in [0.29, 0.717) is 29.9 Å². The summed E-state index contributed by atoms with van der Waals surface area (Å²) in [5, 5.41) is 0.291. The van der Waals surface area contributed by atoms with E-state index >= 15 is 0 Å². The molecule has 7 heteroatoms. The number of halogens is 2. The second kappa shape index (κ2) is 6.38. The minimum atomic E-state index is -0.291. The van der Waals surface area contributed by atoms with Crippen LogP contribution in [0.3, 0.4) is 0 Å². The molecule has 0 radical (unpaired) electrons. The third-order valence-corrected chi connectivity index (χ3v) is 2.79. The van der Waals surface area contributed by atoms with Crippen LogP contribution in [-0.4, -0.2) is 30.2 Å². The minimum absolute atomic E-state index is 0.124. The first-order valence-corrected chi connectivity index (χ1v) is 6.32.